The Morgan fingerprint density at radius 1 is 1.02 bits per heavy atom. The number of aromatic nitrogens is 5. The highest BCUT2D eigenvalue weighted by atomic mass is 19.1. The standard InChI is InChI=1S/C38H45FN8O3/c1-24-9-7-8-19-45(24)37-43-42-34-17-13-27(23-46(34)37)50-32-16-15-31(28-10-5-6-11-29(28)32)40-36(49)41-35-22-33(38(2,3)4)44-47(35)26-12-14-30(39)25(21-26)18-20-48/h5-6,10-14,17,21-24,31-32,48H,7-9,15-16,18-20H2,1-4H3,(H2,40,41,49)/t24?,31-,32+/m0/s1. The molecule has 1 saturated heterocycles. The molecule has 3 N–H and O–H groups in total. The third kappa shape index (κ3) is 6.76. The monoisotopic (exact) mass is 680 g/mol. The van der Waals surface area contributed by atoms with E-state index in [1.807, 2.05) is 67.8 Å². The highest BCUT2D eigenvalue weighted by Crippen LogP contribution is 2.39. The van der Waals surface area contributed by atoms with Gasteiger partial charge in [-0.05, 0) is 92.5 Å². The Morgan fingerprint density at radius 3 is 2.62 bits per heavy atom. The quantitative estimate of drug-likeness (QED) is 0.161. The van der Waals surface area contributed by atoms with Crippen LogP contribution in [0.2, 0.25) is 0 Å². The lowest BCUT2D eigenvalue weighted by atomic mass is 9.85. The summed E-state index contributed by atoms with van der Waals surface area (Å²) in [5.41, 5.74) is 4.25. The molecule has 0 bridgehead atoms. The molecule has 2 aromatic carbocycles. The van der Waals surface area contributed by atoms with Crippen LogP contribution in [0.4, 0.5) is 21.0 Å². The Bertz CT molecular complexity index is 2000. The van der Waals surface area contributed by atoms with Crippen molar-refractivity contribution >= 4 is 23.4 Å². The Balaban J connectivity index is 1.09. The van der Waals surface area contributed by atoms with Crippen molar-refractivity contribution in [2.24, 2.45) is 0 Å². The molecule has 1 fully saturated rings. The summed E-state index contributed by atoms with van der Waals surface area (Å²) in [4.78, 5) is 15.9. The van der Waals surface area contributed by atoms with Gasteiger partial charge in [0.2, 0.25) is 5.95 Å². The molecule has 2 amide bonds. The first kappa shape index (κ1) is 33.5. The molecule has 4 heterocycles. The van der Waals surface area contributed by atoms with Gasteiger partial charge in [-0.1, -0.05) is 45.0 Å². The van der Waals surface area contributed by atoms with E-state index >= 15 is 0 Å². The third-order valence-corrected chi connectivity index (χ3v) is 9.81. The van der Waals surface area contributed by atoms with Crippen molar-refractivity contribution in [1.29, 1.82) is 0 Å². The van der Waals surface area contributed by atoms with Gasteiger partial charge in [0.05, 0.1) is 23.6 Å². The number of hydrogen-bond donors (Lipinski definition) is 3. The van der Waals surface area contributed by atoms with Crippen LogP contribution in [-0.4, -0.2) is 54.7 Å². The number of amides is 2. The fourth-order valence-electron chi connectivity index (χ4n) is 7.06. The first-order chi connectivity index (χ1) is 24.1. The number of aliphatic hydroxyl groups excluding tert-OH is 1. The predicted octanol–water partition coefficient (Wildman–Crippen LogP) is 7.04. The van der Waals surface area contributed by atoms with E-state index in [1.54, 1.807) is 16.8 Å². The van der Waals surface area contributed by atoms with E-state index in [9.17, 15) is 14.3 Å². The summed E-state index contributed by atoms with van der Waals surface area (Å²) in [5.74, 6) is 1.64. The SMILES string of the molecule is CC1CCCCN1c1nnc2ccc(O[C@@H]3CC[C@H](NC(=O)Nc4cc(C(C)(C)C)nn4-c4ccc(F)c(CCO)c4)c4ccccc43)cn12. The maximum atomic E-state index is 14.4. The summed E-state index contributed by atoms with van der Waals surface area (Å²) in [7, 11) is 0. The minimum Gasteiger partial charge on any atom is -0.484 e. The molecule has 7 rings (SSSR count). The fraction of sp³-hybridized carbons (Fsp3) is 0.421. The molecule has 0 spiro atoms. The average molecular weight is 681 g/mol. The van der Waals surface area contributed by atoms with Crippen molar-refractivity contribution in [3.05, 3.63) is 95.1 Å². The summed E-state index contributed by atoms with van der Waals surface area (Å²) < 4.78 is 24.7. The Labute approximate surface area is 291 Å². The zero-order valence-electron chi connectivity index (χ0n) is 29.1. The summed E-state index contributed by atoms with van der Waals surface area (Å²) in [6, 6.07) is 18.2. The topological polar surface area (TPSA) is 122 Å². The summed E-state index contributed by atoms with van der Waals surface area (Å²) in [6.45, 7) is 9.15. The molecule has 1 aliphatic carbocycles. The van der Waals surface area contributed by atoms with Crippen molar-refractivity contribution < 1.29 is 19.0 Å². The zero-order chi connectivity index (χ0) is 35.0. The molecule has 5 aromatic rings. The number of ether oxygens (including phenoxy) is 1. The van der Waals surface area contributed by atoms with E-state index in [0.717, 1.165) is 53.6 Å². The number of anilines is 2. The summed E-state index contributed by atoms with van der Waals surface area (Å²) >= 11 is 0. The van der Waals surface area contributed by atoms with Gasteiger partial charge in [-0.15, -0.1) is 10.2 Å². The Morgan fingerprint density at radius 2 is 1.84 bits per heavy atom. The minimum atomic E-state index is -0.396. The number of urea groups is 1. The van der Waals surface area contributed by atoms with Gasteiger partial charge in [-0.25, -0.2) is 13.9 Å². The molecule has 0 saturated carbocycles. The number of benzene rings is 2. The zero-order valence-corrected chi connectivity index (χ0v) is 29.1. The van der Waals surface area contributed by atoms with Gasteiger partial charge < -0.3 is 20.1 Å². The number of rotatable bonds is 8. The largest absolute Gasteiger partial charge is 0.484 e. The molecule has 0 radical (unpaired) electrons. The number of carbonyl (C=O) groups excluding carboxylic acids is 1. The molecular formula is C38H45FN8O3. The van der Waals surface area contributed by atoms with Crippen LogP contribution in [0.3, 0.4) is 0 Å². The van der Waals surface area contributed by atoms with Crippen LogP contribution in [0, 0.1) is 5.82 Å². The molecule has 3 atom stereocenters. The minimum absolute atomic E-state index is 0.175. The fourth-order valence-corrected chi connectivity index (χ4v) is 7.06. The van der Waals surface area contributed by atoms with Crippen molar-refractivity contribution in [3.63, 3.8) is 0 Å². The van der Waals surface area contributed by atoms with E-state index < -0.39 is 5.82 Å². The highest BCUT2D eigenvalue weighted by Gasteiger charge is 2.31. The number of aliphatic hydroxyl groups is 1. The predicted molar refractivity (Wildman–Crippen MR) is 191 cm³/mol. The Kier molecular flexibility index (Phi) is 9.21. The number of pyridine rings is 1. The van der Waals surface area contributed by atoms with E-state index in [-0.39, 0.29) is 36.6 Å². The van der Waals surface area contributed by atoms with Gasteiger partial charge in [0, 0.05) is 30.7 Å². The number of piperidine rings is 1. The maximum Gasteiger partial charge on any atom is 0.320 e. The highest BCUT2D eigenvalue weighted by molar-refractivity contribution is 5.89. The van der Waals surface area contributed by atoms with Crippen LogP contribution >= 0.6 is 0 Å². The van der Waals surface area contributed by atoms with Gasteiger partial charge in [-0.3, -0.25) is 9.72 Å². The lowest BCUT2D eigenvalue weighted by Gasteiger charge is -2.33. The van der Waals surface area contributed by atoms with E-state index in [2.05, 4.69) is 38.7 Å². The van der Waals surface area contributed by atoms with Crippen molar-refractivity contribution in [1.82, 2.24) is 29.7 Å². The molecular weight excluding hydrogens is 635 g/mol. The van der Waals surface area contributed by atoms with Gasteiger partial charge >= 0.3 is 6.03 Å². The molecule has 1 aliphatic heterocycles. The first-order valence-electron chi connectivity index (χ1n) is 17.5. The Hall–Kier alpha value is -4.97. The third-order valence-electron chi connectivity index (χ3n) is 9.81. The van der Waals surface area contributed by atoms with Crippen LogP contribution in [0.1, 0.15) is 94.3 Å². The smallest absolute Gasteiger partial charge is 0.320 e. The average Bonchev–Trinajstić information content (AvgIpc) is 3.72. The van der Waals surface area contributed by atoms with E-state index in [1.165, 1.54) is 12.5 Å². The van der Waals surface area contributed by atoms with Crippen molar-refractivity contribution in [2.75, 3.05) is 23.4 Å². The van der Waals surface area contributed by atoms with Crippen molar-refractivity contribution in [2.45, 2.75) is 89.8 Å². The number of halogens is 1. The van der Waals surface area contributed by atoms with Crippen LogP contribution in [0.5, 0.6) is 5.75 Å². The number of hydrogen-bond acceptors (Lipinski definition) is 7. The van der Waals surface area contributed by atoms with E-state index in [0.29, 0.717) is 36.0 Å². The van der Waals surface area contributed by atoms with E-state index in [4.69, 9.17) is 9.84 Å². The maximum absolute atomic E-state index is 14.4. The van der Waals surface area contributed by atoms with Gasteiger partial charge in [0.15, 0.2) is 5.65 Å². The number of carbonyl (C=O) groups is 1. The molecule has 262 valence electrons. The number of fused-ring (bicyclic) bond motifs is 2. The lowest BCUT2D eigenvalue weighted by molar-refractivity contribution is 0.171. The van der Waals surface area contributed by atoms with Gasteiger partial charge in [0.25, 0.3) is 0 Å². The van der Waals surface area contributed by atoms with Crippen LogP contribution in [0.25, 0.3) is 11.3 Å². The van der Waals surface area contributed by atoms with Crippen LogP contribution < -0.4 is 20.3 Å². The second kappa shape index (κ2) is 13.7. The lowest BCUT2D eigenvalue weighted by Crippen LogP contribution is -2.38. The van der Waals surface area contributed by atoms with Crippen molar-refractivity contribution in [3.8, 4) is 11.4 Å². The molecule has 2 aliphatic rings. The molecule has 12 heteroatoms. The number of nitrogens with one attached hydrogen (secondary N) is 2. The van der Waals surface area contributed by atoms with Gasteiger partial charge in [-0.2, -0.15) is 5.10 Å². The normalized spacial score (nSPS) is 19.3. The van der Waals surface area contributed by atoms with Gasteiger partial charge in [0.1, 0.15) is 23.5 Å². The van der Waals surface area contributed by atoms with Crippen LogP contribution in [-0.2, 0) is 11.8 Å². The summed E-state index contributed by atoms with van der Waals surface area (Å²) in [5, 5.41) is 29.3. The molecule has 3 aromatic heterocycles. The second-order valence-electron chi connectivity index (χ2n) is 14.4. The molecule has 1 unspecified atom stereocenters. The summed E-state index contributed by atoms with van der Waals surface area (Å²) in [6.07, 6.45) is 6.85. The molecule has 50 heavy (non-hydrogen) atoms. The second-order valence-corrected chi connectivity index (χ2v) is 14.4. The van der Waals surface area contributed by atoms with Crippen LogP contribution in [0.15, 0.2) is 66.9 Å². The number of nitrogens with zero attached hydrogens (tertiary/aromatic N) is 6. The molecule has 11 nitrogen and oxygen atoms in total. The first-order valence-corrected chi connectivity index (χ1v) is 17.5.